The number of anilines is 1. The predicted molar refractivity (Wildman–Crippen MR) is 130 cm³/mol. The third-order valence-electron chi connectivity index (χ3n) is 6.54. The second kappa shape index (κ2) is 11.1. The van der Waals surface area contributed by atoms with Gasteiger partial charge in [-0.25, -0.2) is 0 Å². The number of benzene rings is 2. The first-order valence-corrected chi connectivity index (χ1v) is 11.9. The van der Waals surface area contributed by atoms with E-state index in [1.807, 2.05) is 18.2 Å². The molecule has 1 unspecified atom stereocenters. The van der Waals surface area contributed by atoms with E-state index in [1.165, 1.54) is 0 Å². The molecule has 0 aromatic heterocycles. The van der Waals surface area contributed by atoms with Crippen molar-refractivity contribution in [3.8, 4) is 11.5 Å². The highest BCUT2D eigenvalue weighted by Crippen LogP contribution is 2.30. The zero-order chi connectivity index (χ0) is 24.8. The van der Waals surface area contributed by atoms with Gasteiger partial charge in [-0.1, -0.05) is 6.07 Å². The first-order valence-electron chi connectivity index (χ1n) is 11.9. The first-order chi connectivity index (χ1) is 16.9. The number of carbonyl (C=O) groups excluding carboxylic acids is 2. The summed E-state index contributed by atoms with van der Waals surface area (Å²) in [6.45, 7) is 0.631. The fourth-order valence-corrected chi connectivity index (χ4v) is 4.50. The van der Waals surface area contributed by atoms with E-state index in [2.05, 4.69) is 16.0 Å². The number of amides is 2. The summed E-state index contributed by atoms with van der Waals surface area (Å²) in [6.07, 6.45) is 3.26. The minimum absolute atomic E-state index is 0.00179. The van der Waals surface area contributed by atoms with Crippen LogP contribution in [-0.4, -0.2) is 55.2 Å². The summed E-state index contributed by atoms with van der Waals surface area (Å²) < 4.78 is 11.2. The Bertz CT molecular complexity index is 1060. The van der Waals surface area contributed by atoms with Crippen LogP contribution in [-0.2, 0) is 16.0 Å². The number of hydrogen-bond acceptors (Lipinski definition) is 6. The van der Waals surface area contributed by atoms with E-state index in [0.29, 0.717) is 56.5 Å². The Morgan fingerprint density at radius 3 is 2.34 bits per heavy atom. The number of hydrogen-bond donors (Lipinski definition) is 4. The number of carbonyl (C=O) groups is 3. The number of rotatable bonds is 9. The smallest absolute Gasteiger partial charge is 0.306 e. The van der Waals surface area contributed by atoms with Gasteiger partial charge in [0.25, 0.3) is 5.91 Å². The van der Waals surface area contributed by atoms with Gasteiger partial charge < -0.3 is 30.5 Å². The van der Waals surface area contributed by atoms with Crippen molar-refractivity contribution in [3.63, 3.8) is 0 Å². The molecule has 0 spiro atoms. The van der Waals surface area contributed by atoms with Crippen molar-refractivity contribution >= 4 is 23.5 Å². The van der Waals surface area contributed by atoms with Crippen LogP contribution in [0.15, 0.2) is 42.5 Å². The number of nitrogens with one attached hydrogen (secondary N) is 3. The molecule has 9 heteroatoms. The van der Waals surface area contributed by atoms with Crippen LogP contribution in [0.2, 0.25) is 0 Å². The molecular formula is C26H31N3O6. The second-order valence-corrected chi connectivity index (χ2v) is 8.93. The van der Waals surface area contributed by atoms with Gasteiger partial charge >= 0.3 is 5.97 Å². The average Bonchev–Trinajstić information content (AvgIpc) is 3.30. The molecular weight excluding hydrogens is 450 g/mol. The molecule has 35 heavy (non-hydrogen) atoms. The van der Waals surface area contributed by atoms with Crippen LogP contribution >= 0.6 is 0 Å². The van der Waals surface area contributed by atoms with Crippen LogP contribution in [0.3, 0.4) is 0 Å². The monoisotopic (exact) mass is 481 g/mol. The molecule has 1 aliphatic carbocycles. The van der Waals surface area contributed by atoms with Crippen molar-refractivity contribution in [1.82, 2.24) is 10.6 Å². The Balaban J connectivity index is 1.15. The molecule has 1 heterocycles. The van der Waals surface area contributed by atoms with Crippen LogP contribution in [0.4, 0.5) is 5.69 Å². The molecule has 2 aromatic rings. The fourth-order valence-electron chi connectivity index (χ4n) is 4.50. The fraction of sp³-hybridized carbons (Fsp3) is 0.423. The van der Waals surface area contributed by atoms with E-state index < -0.39 is 5.97 Å². The Hall–Kier alpha value is -3.75. The Morgan fingerprint density at radius 1 is 0.971 bits per heavy atom. The van der Waals surface area contributed by atoms with Crippen molar-refractivity contribution in [2.75, 3.05) is 25.5 Å². The van der Waals surface area contributed by atoms with Gasteiger partial charge in [-0.3, -0.25) is 14.4 Å². The zero-order valence-electron chi connectivity index (χ0n) is 19.7. The zero-order valence-corrected chi connectivity index (χ0v) is 19.7. The van der Waals surface area contributed by atoms with Gasteiger partial charge in [-0.05, 0) is 61.6 Å². The topological polar surface area (TPSA) is 126 Å². The molecule has 1 fully saturated rings. The SMILES string of the molecule is COc1ccc2c(c1)NC(C(=O)NCCNC(=O)c1ccc(OC3CCC(C(=O)O)CC3)cc1)C2. The summed E-state index contributed by atoms with van der Waals surface area (Å²) in [5.41, 5.74) is 2.47. The van der Waals surface area contributed by atoms with Crippen LogP contribution < -0.4 is 25.4 Å². The molecule has 0 saturated heterocycles. The van der Waals surface area contributed by atoms with E-state index in [1.54, 1.807) is 31.4 Å². The molecule has 0 radical (unpaired) electrons. The highest BCUT2D eigenvalue weighted by Gasteiger charge is 2.28. The van der Waals surface area contributed by atoms with Crippen molar-refractivity contribution < 1.29 is 29.0 Å². The summed E-state index contributed by atoms with van der Waals surface area (Å²) >= 11 is 0. The molecule has 1 atom stereocenters. The lowest BCUT2D eigenvalue weighted by Gasteiger charge is -2.26. The Labute approximate surface area is 204 Å². The average molecular weight is 482 g/mol. The number of carboxylic acids is 1. The number of ether oxygens (including phenoxy) is 2. The van der Waals surface area contributed by atoms with Gasteiger partial charge in [0.1, 0.15) is 17.5 Å². The van der Waals surface area contributed by atoms with Crippen LogP contribution in [0.5, 0.6) is 11.5 Å². The highest BCUT2D eigenvalue weighted by molar-refractivity contribution is 5.94. The van der Waals surface area contributed by atoms with E-state index in [0.717, 1.165) is 17.0 Å². The minimum Gasteiger partial charge on any atom is -0.497 e. The van der Waals surface area contributed by atoms with E-state index in [-0.39, 0.29) is 29.9 Å². The number of carboxylic acid groups (broad SMARTS) is 1. The Morgan fingerprint density at radius 2 is 1.66 bits per heavy atom. The molecule has 4 N–H and O–H groups in total. The van der Waals surface area contributed by atoms with Crippen LogP contribution in [0, 0.1) is 5.92 Å². The lowest BCUT2D eigenvalue weighted by Crippen LogP contribution is -2.42. The van der Waals surface area contributed by atoms with E-state index >= 15 is 0 Å². The van der Waals surface area contributed by atoms with Gasteiger partial charge in [0, 0.05) is 36.8 Å². The number of aliphatic carboxylic acids is 1. The summed E-state index contributed by atoms with van der Waals surface area (Å²) in [7, 11) is 1.61. The minimum atomic E-state index is -0.736. The van der Waals surface area contributed by atoms with Gasteiger partial charge in [0.05, 0.1) is 19.1 Å². The van der Waals surface area contributed by atoms with Gasteiger partial charge in [0.2, 0.25) is 5.91 Å². The maximum absolute atomic E-state index is 12.5. The van der Waals surface area contributed by atoms with Gasteiger partial charge in [-0.15, -0.1) is 0 Å². The maximum atomic E-state index is 12.5. The number of fused-ring (bicyclic) bond motifs is 1. The summed E-state index contributed by atoms with van der Waals surface area (Å²) in [5.74, 6) is 0.0399. The molecule has 186 valence electrons. The molecule has 2 aromatic carbocycles. The molecule has 2 amide bonds. The van der Waals surface area contributed by atoms with Crippen LogP contribution in [0.25, 0.3) is 0 Å². The normalized spacial score (nSPS) is 20.8. The Kier molecular flexibility index (Phi) is 7.74. The quantitative estimate of drug-likeness (QED) is 0.406. The summed E-state index contributed by atoms with van der Waals surface area (Å²) in [5, 5.41) is 18.0. The van der Waals surface area contributed by atoms with Crippen molar-refractivity contribution in [3.05, 3.63) is 53.6 Å². The van der Waals surface area contributed by atoms with Crippen molar-refractivity contribution in [2.45, 2.75) is 44.2 Å². The van der Waals surface area contributed by atoms with Crippen molar-refractivity contribution in [2.24, 2.45) is 5.92 Å². The standard InChI is InChI=1S/C26H31N3O6/c1-34-21-11-6-18-14-23(29-22(18)15-21)25(31)28-13-12-27-24(30)16-2-7-19(8-3-16)35-20-9-4-17(5-10-20)26(32)33/h2-3,6-8,11,15,17,20,23,29H,4-5,9-10,12-14H2,1H3,(H,27,30)(H,28,31)(H,32,33). The van der Waals surface area contributed by atoms with E-state index in [4.69, 9.17) is 14.6 Å². The largest absolute Gasteiger partial charge is 0.497 e. The van der Waals surface area contributed by atoms with Crippen molar-refractivity contribution in [1.29, 1.82) is 0 Å². The second-order valence-electron chi connectivity index (χ2n) is 8.93. The molecule has 1 aliphatic heterocycles. The third-order valence-corrected chi connectivity index (χ3v) is 6.54. The van der Waals surface area contributed by atoms with Gasteiger partial charge in [-0.2, -0.15) is 0 Å². The lowest BCUT2D eigenvalue weighted by molar-refractivity contribution is -0.143. The molecule has 9 nitrogen and oxygen atoms in total. The van der Waals surface area contributed by atoms with Gasteiger partial charge in [0.15, 0.2) is 0 Å². The highest BCUT2D eigenvalue weighted by atomic mass is 16.5. The van der Waals surface area contributed by atoms with E-state index in [9.17, 15) is 14.4 Å². The molecule has 1 saturated carbocycles. The molecule has 4 rings (SSSR count). The number of methoxy groups -OCH3 is 1. The summed E-state index contributed by atoms with van der Waals surface area (Å²) in [4.78, 5) is 36.0. The summed E-state index contributed by atoms with van der Waals surface area (Å²) in [6, 6.07) is 12.2. The first kappa shape index (κ1) is 24.4. The molecule has 0 bridgehead atoms. The van der Waals surface area contributed by atoms with Crippen LogP contribution in [0.1, 0.15) is 41.6 Å². The predicted octanol–water partition coefficient (Wildman–Crippen LogP) is 2.60. The molecule has 2 aliphatic rings. The lowest BCUT2D eigenvalue weighted by atomic mass is 9.87. The maximum Gasteiger partial charge on any atom is 0.306 e. The third kappa shape index (κ3) is 6.23.